The van der Waals surface area contributed by atoms with Crippen LogP contribution in [0.1, 0.15) is 165 Å². The molecule has 1 aliphatic carbocycles. The SMILES string of the molecule is CC(=O)N1CC[C@H]2CC[C@@H](C(=O)N[C@@H](CCC(N)=O)COc3cccc(CCCCCNC(=O)C[C@H](NC(=O)[C@@H]4C[C@@H](O)CN4C(=O)[C@H]4n5nnc(C6CC6)c5COCC4(C)C)c4ccc(-c5scnc5C)cc4)c3Cl)N2C(=O)C(NC(=O)OC(C)(C)C)C1. The largest absolute Gasteiger partial charge is 0.490 e. The Balaban J connectivity index is 0.791. The molecule has 24 nitrogen and oxygen atoms in total. The number of unbranched alkanes of at least 4 members (excludes halogenated alkanes) is 2. The molecular weight excluding hydrogens is 1180 g/mol. The monoisotopic (exact) mass is 1270 g/mol. The number of aliphatic hydroxyl groups excluding tert-OH is 1. The van der Waals surface area contributed by atoms with Crippen LogP contribution in [0.5, 0.6) is 5.75 Å². The number of hydrogen-bond donors (Lipinski definition) is 6. The van der Waals surface area contributed by atoms with E-state index >= 15 is 0 Å². The number of nitrogens with two attached hydrogens (primary N) is 1. The molecule has 3 saturated heterocycles. The first-order valence-corrected chi connectivity index (χ1v) is 32.2. The standard InChI is InChI=1S/C63H85ClN12O12S/c1-36-55(89-35-67-36)41-19-15-38(16-20-41)45(69-58(82)48-28-44(78)30-74(48)60(84)56-63(6,7)34-86-33-49-54(40-17-18-40)71-72-76(49)56)29-52(80)66-26-10-8-9-12-39-13-11-14-50(53(39)64)87-32-42(21-24-51(65)79)68-57(81)47-23-22-43-25-27-73(37(2)77)31-46(59(83)75(43)47)70-61(85)88-62(3,4)5/h11,13-16,19-20,35,40,42-48,56,78H,8-10,12,17-18,21-34H2,1-7H3,(H2,65,79)(H,66,80)(H,68,81)(H,69,82)(H,70,85)/t42-,43+,44+,45-,46?,47-,48-,56+/m0/s1. The van der Waals surface area contributed by atoms with Gasteiger partial charge in [-0.2, -0.15) is 0 Å². The second-order valence-electron chi connectivity index (χ2n) is 25.9. The highest BCUT2D eigenvalue weighted by Crippen LogP contribution is 2.45. The van der Waals surface area contributed by atoms with Crippen LogP contribution in [-0.2, 0) is 56.1 Å². The highest BCUT2D eigenvalue weighted by atomic mass is 35.5. The smallest absolute Gasteiger partial charge is 0.408 e. The zero-order valence-corrected chi connectivity index (χ0v) is 53.5. The van der Waals surface area contributed by atoms with E-state index in [0.29, 0.717) is 68.0 Å². The molecule has 482 valence electrons. The molecule has 0 spiro atoms. The normalized spacial score (nSPS) is 22.3. The van der Waals surface area contributed by atoms with E-state index in [1.165, 1.54) is 33.0 Å². The first kappa shape index (κ1) is 66.2. The Morgan fingerprint density at radius 1 is 0.955 bits per heavy atom. The number of carbonyl (C=O) groups excluding carboxylic acids is 8. The van der Waals surface area contributed by atoms with Gasteiger partial charge in [0.2, 0.25) is 41.4 Å². The first-order chi connectivity index (χ1) is 42.3. The fraction of sp³-hybridized carbons (Fsp3) is 0.603. The fourth-order valence-corrected chi connectivity index (χ4v) is 13.6. The third-order valence-electron chi connectivity index (χ3n) is 17.3. The summed E-state index contributed by atoms with van der Waals surface area (Å²) in [4.78, 5) is 119. The number of nitrogens with zero attached hydrogens (tertiary/aromatic N) is 7. The van der Waals surface area contributed by atoms with Crippen molar-refractivity contribution < 1.29 is 57.7 Å². The highest BCUT2D eigenvalue weighted by molar-refractivity contribution is 7.13. The number of β-amino-alcohol motifs (C(OH)–C–C–N with tert-alkyl or cyclic N) is 1. The van der Waals surface area contributed by atoms with Crippen molar-refractivity contribution in [3.63, 3.8) is 0 Å². The Morgan fingerprint density at radius 2 is 1.71 bits per heavy atom. The zero-order chi connectivity index (χ0) is 63.9. The number of rotatable bonds is 23. The van der Waals surface area contributed by atoms with Crippen molar-refractivity contribution in [3.8, 4) is 16.2 Å². The predicted molar refractivity (Wildman–Crippen MR) is 330 cm³/mol. The van der Waals surface area contributed by atoms with Crippen LogP contribution in [0.2, 0.25) is 5.02 Å². The molecule has 4 aliphatic heterocycles. The molecule has 8 atom stereocenters. The number of benzene rings is 2. The molecule has 26 heteroatoms. The number of primary amides is 1. The van der Waals surface area contributed by atoms with Gasteiger partial charge >= 0.3 is 6.09 Å². The van der Waals surface area contributed by atoms with Crippen LogP contribution in [0.15, 0.2) is 48.0 Å². The van der Waals surface area contributed by atoms with Crippen molar-refractivity contribution in [3.05, 3.63) is 81.2 Å². The Kier molecular flexibility index (Phi) is 21.4. The molecule has 8 amide bonds. The lowest BCUT2D eigenvalue weighted by molar-refractivity contribution is -0.145. The number of halogens is 1. The lowest BCUT2D eigenvalue weighted by Crippen LogP contribution is -2.61. The van der Waals surface area contributed by atoms with Gasteiger partial charge in [-0.15, -0.1) is 16.4 Å². The number of likely N-dealkylation sites (tertiary alicyclic amines) is 1. The molecule has 2 aromatic carbocycles. The van der Waals surface area contributed by atoms with Gasteiger partial charge in [0.1, 0.15) is 42.1 Å². The van der Waals surface area contributed by atoms with Crippen LogP contribution in [0.4, 0.5) is 4.79 Å². The molecule has 4 fully saturated rings. The number of carbonyl (C=O) groups is 8. The van der Waals surface area contributed by atoms with E-state index in [9.17, 15) is 43.5 Å². The van der Waals surface area contributed by atoms with Gasteiger partial charge in [-0.3, -0.25) is 33.6 Å². The van der Waals surface area contributed by atoms with Gasteiger partial charge in [-0.1, -0.05) is 73.5 Å². The van der Waals surface area contributed by atoms with Crippen LogP contribution in [0.25, 0.3) is 10.4 Å². The van der Waals surface area contributed by atoms with Gasteiger partial charge in [-0.25, -0.2) is 14.5 Å². The van der Waals surface area contributed by atoms with E-state index in [4.69, 9.17) is 31.5 Å². The Bertz CT molecular complexity index is 3240. The second kappa shape index (κ2) is 28.7. The maximum absolute atomic E-state index is 14.8. The highest BCUT2D eigenvalue weighted by Gasteiger charge is 2.50. The minimum atomic E-state index is -1.17. The summed E-state index contributed by atoms with van der Waals surface area (Å²) in [6, 6.07) is 7.24. The number of ether oxygens (including phenoxy) is 3. The lowest BCUT2D eigenvalue weighted by Gasteiger charge is -2.38. The van der Waals surface area contributed by atoms with Crippen molar-refractivity contribution in [2.45, 2.75) is 198 Å². The summed E-state index contributed by atoms with van der Waals surface area (Å²) < 4.78 is 19.4. The number of hydrogen-bond acceptors (Lipinski definition) is 16. The van der Waals surface area contributed by atoms with Crippen LogP contribution >= 0.6 is 22.9 Å². The van der Waals surface area contributed by atoms with E-state index in [2.05, 4.69) is 36.6 Å². The van der Waals surface area contributed by atoms with Gasteiger partial charge < -0.3 is 61.0 Å². The molecule has 7 N–H and O–H groups in total. The van der Waals surface area contributed by atoms with Crippen molar-refractivity contribution in [2.75, 3.05) is 39.4 Å². The summed E-state index contributed by atoms with van der Waals surface area (Å²) in [5.74, 6) is -2.30. The summed E-state index contributed by atoms with van der Waals surface area (Å²) in [5.41, 5.74) is 10.7. The lowest BCUT2D eigenvalue weighted by atomic mass is 9.84. The average molecular weight is 1270 g/mol. The molecule has 1 unspecified atom stereocenters. The van der Waals surface area contributed by atoms with Crippen molar-refractivity contribution in [1.82, 2.24) is 55.9 Å². The maximum atomic E-state index is 14.8. The minimum Gasteiger partial charge on any atom is -0.490 e. The Hall–Kier alpha value is -7.22. The predicted octanol–water partition coefficient (Wildman–Crippen LogP) is 5.71. The molecule has 4 aromatic rings. The quantitative estimate of drug-likeness (QED) is 0.0485. The number of thiazole rings is 1. The van der Waals surface area contributed by atoms with Crippen LogP contribution in [0, 0.1) is 12.3 Å². The number of aliphatic hydroxyl groups is 1. The molecule has 6 heterocycles. The van der Waals surface area contributed by atoms with E-state index in [0.717, 1.165) is 52.3 Å². The van der Waals surface area contributed by atoms with Crippen molar-refractivity contribution >= 4 is 70.4 Å². The van der Waals surface area contributed by atoms with Gasteiger partial charge in [0, 0.05) is 56.8 Å². The molecule has 89 heavy (non-hydrogen) atoms. The summed E-state index contributed by atoms with van der Waals surface area (Å²) in [6.45, 7) is 13.3. The summed E-state index contributed by atoms with van der Waals surface area (Å²) in [7, 11) is 0. The van der Waals surface area contributed by atoms with Gasteiger partial charge in [-0.05, 0) is 108 Å². The third kappa shape index (κ3) is 16.6. The molecule has 1 saturated carbocycles. The van der Waals surface area contributed by atoms with E-state index < -0.39 is 83.1 Å². The molecule has 0 radical (unpaired) electrons. The molecular formula is C63H85ClN12O12S. The maximum Gasteiger partial charge on any atom is 0.408 e. The number of nitrogens with one attached hydrogen (secondary N) is 4. The van der Waals surface area contributed by atoms with Crippen LogP contribution < -0.4 is 31.7 Å². The van der Waals surface area contributed by atoms with Crippen molar-refractivity contribution in [2.24, 2.45) is 11.1 Å². The number of aryl methyl sites for hydroxylation is 2. The van der Waals surface area contributed by atoms with Gasteiger partial charge in [0.15, 0.2) is 0 Å². The second-order valence-corrected chi connectivity index (χ2v) is 27.2. The zero-order valence-electron chi connectivity index (χ0n) is 51.9. The van der Waals surface area contributed by atoms with Crippen molar-refractivity contribution in [1.29, 1.82) is 0 Å². The number of alkyl carbamates (subject to hydrolysis) is 1. The number of amides is 8. The summed E-state index contributed by atoms with van der Waals surface area (Å²) in [5, 5.41) is 32.2. The third-order valence-corrected chi connectivity index (χ3v) is 18.7. The molecule has 5 aliphatic rings. The van der Waals surface area contributed by atoms with Gasteiger partial charge in [0.05, 0.1) is 76.9 Å². The van der Waals surface area contributed by atoms with E-state index in [-0.39, 0.29) is 88.3 Å². The summed E-state index contributed by atoms with van der Waals surface area (Å²) in [6.07, 6.45) is 4.13. The molecule has 0 bridgehead atoms. The Morgan fingerprint density at radius 3 is 2.40 bits per heavy atom. The van der Waals surface area contributed by atoms with E-state index in [1.54, 1.807) is 37.0 Å². The Labute approximate surface area is 528 Å². The van der Waals surface area contributed by atoms with Crippen LogP contribution in [-0.4, -0.2) is 169 Å². The average Bonchev–Trinajstić information content (AvgIpc) is 1.70. The van der Waals surface area contributed by atoms with Gasteiger partial charge in [0.25, 0.3) is 0 Å². The molecule has 9 rings (SSSR count). The summed E-state index contributed by atoms with van der Waals surface area (Å²) >= 11 is 8.47. The fourth-order valence-electron chi connectivity index (χ4n) is 12.5. The molecule has 2 aromatic heterocycles. The van der Waals surface area contributed by atoms with E-state index in [1.807, 2.05) is 57.2 Å². The number of aromatic nitrogens is 4. The number of fused-ring (bicyclic) bond motifs is 2. The minimum absolute atomic E-state index is 0.0142. The van der Waals surface area contributed by atoms with Crippen LogP contribution in [0.3, 0.4) is 0 Å². The first-order valence-electron chi connectivity index (χ1n) is 31.0. The topological polar surface area (TPSA) is 312 Å².